The minimum absolute atomic E-state index is 0.257. The highest BCUT2D eigenvalue weighted by atomic mass is 32.1. The summed E-state index contributed by atoms with van der Waals surface area (Å²) in [4.78, 5) is 2.14. The Balaban J connectivity index is 1.47. The van der Waals surface area contributed by atoms with Gasteiger partial charge in [-0.15, -0.1) is 0 Å². The molecule has 0 radical (unpaired) electrons. The lowest BCUT2D eigenvalue weighted by Gasteiger charge is -2.19. The predicted octanol–water partition coefficient (Wildman–Crippen LogP) is 3.43. The van der Waals surface area contributed by atoms with E-state index in [0.29, 0.717) is 5.11 Å². The second-order valence-corrected chi connectivity index (χ2v) is 6.61. The van der Waals surface area contributed by atoms with Crippen LogP contribution in [0.3, 0.4) is 0 Å². The average molecular weight is 369 g/mol. The Labute approximate surface area is 160 Å². The van der Waals surface area contributed by atoms with E-state index in [4.69, 9.17) is 17.0 Å². The maximum atomic E-state index is 5.55. The van der Waals surface area contributed by atoms with Gasteiger partial charge in [-0.25, -0.2) is 0 Å². The molecule has 136 valence electrons. The maximum absolute atomic E-state index is 5.55. The van der Waals surface area contributed by atoms with Crippen LogP contribution in [-0.4, -0.2) is 37.6 Å². The number of anilines is 2. The fourth-order valence-electron chi connectivity index (χ4n) is 2.80. The molecule has 1 heterocycles. The first-order valence-corrected chi connectivity index (χ1v) is 9.20. The van der Waals surface area contributed by atoms with Crippen LogP contribution in [0.2, 0.25) is 0 Å². The maximum Gasteiger partial charge on any atom is 0.187 e. The Kier molecular flexibility index (Phi) is 6.57. The Bertz CT molecular complexity index is 727. The first-order chi connectivity index (χ1) is 12.7. The van der Waals surface area contributed by atoms with Crippen molar-refractivity contribution in [3.05, 3.63) is 60.2 Å². The van der Waals surface area contributed by atoms with E-state index < -0.39 is 0 Å². The van der Waals surface area contributed by atoms with Gasteiger partial charge in [-0.1, -0.05) is 30.3 Å². The molecule has 2 aromatic carbocycles. The van der Waals surface area contributed by atoms with Crippen LogP contribution >= 0.6 is 12.2 Å². The molecule has 1 aliphatic heterocycles. The van der Waals surface area contributed by atoms with Crippen LogP contribution in [0.5, 0.6) is 0 Å². The highest BCUT2D eigenvalue weighted by Gasteiger charge is 2.14. The van der Waals surface area contributed by atoms with Crippen molar-refractivity contribution in [2.24, 2.45) is 5.10 Å². The molecule has 2 N–H and O–H groups in total. The summed E-state index contributed by atoms with van der Waals surface area (Å²) in [5.41, 5.74) is 6.12. The zero-order valence-corrected chi connectivity index (χ0v) is 15.7. The smallest absolute Gasteiger partial charge is 0.187 e. The van der Waals surface area contributed by atoms with Crippen LogP contribution < -0.4 is 15.6 Å². The zero-order chi connectivity index (χ0) is 18.2. The van der Waals surface area contributed by atoms with Gasteiger partial charge in [0.2, 0.25) is 0 Å². The van der Waals surface area contributed by atoms with Crippen LogP contribution in [0.25, 0.3) is 0 Å². The predicted molar refractivity (Wildman–Crippen MR) is 111 cm³/mol. The molecule has 3 rings (SSSR count). The van der Waals surface area contributed by atoms with Gasteiger partial charge in [0.15, 0.2) is 5.11 Å². The highest BCUT2D eigenvalue weighted by Crippen LogP contribution is 2.22. The summed E-state index contributed by atoms with van der Waals surface area (Å²) >= 11 is 5.21. The molecule has 1 fully saturated rings. The average Bonchev–Trinajstić information content (AvgIpc) is 3.21. The van der Waals surface area contributed by atoms with Gasteiger partial charge in [0.05, 0.1) is 12.3 Å². The minimum atomic E-state index is 0.257. The van der Waals surface area contributed by atoms with Crippen molar-refractivity contribution in [1.82, 2.24) is 10.7 Å². The fourth-order valence-corrected chi connectivity index (χ4v) is 2.94. The van der Waals surface area contributed by atoms with Crippen LogP contribution in [-0.2, 0) is 4.74 Å². The molecule has 1 aliphatic rings. The van der Waals surface area contributed by atoms with E-state index in [1.807, 2.05) is 30.3 Å². The number of para-hydroxylation sites is 1. The van der Waals surface area contributed by atoms with Crippen LogP contribution in [0, 0.1) is 0 Å². The third kappa shape index (κ3) is 5.28. The molecule has 26 heavy (non-hydrogen) atoms. The molecule has 0 amide bonds. The number of nitrogens with one attached hydrogen (secondary N) is 2. The second kappa shape index (κ2) is 9.31. The van der Waals surface area contributed by atoms with Crippen molar-refractivity contribution in [2.75, 3.05) is 25.1 Å². The van der Waals surface area contributed by atoms with E-state index in [1.54, 1.807) is 6.21 Å². The van der Waals surface area contributed by atoms with Gasteiger partial charge in [-0.2, -0.15) is 5.10 Å². The summed E-state index contributed by atoms with van der Waals surface area (Å²) in [6.07, 6.45) is 4.22. The van der Waals surface area contributed by atoms with Gasteiger partial charge >= 0.3 is 0 Å². The topological polar surface area (TPSA) is 48.9 Å². The molecule has 6 heteroatoms. The van der Waals surface area contributed by atoms with E-state index in [9.17, 15) is 0 Å². The Hall–Kier alpha value is -2.44. The van der Waals surface area contributed by atoms with Crippen molar-refractivity contribution >= 4 is 34.9 Å². The van der Waals surface area contributed by atoms with Gasteiger partial charge in [0, 0.05) is 31.6 Å². The van der Waals surface area contributed by atoms with Gasteiger partial charge in [-0.05, 0) is 54.9 Å². The zero-order valence-electron chi connectivity index (χ0n) is 14.9. The molecular weight excluding hydrogens is 344 g/mol. The molecular formula is C20H24N4OS. The molecule has 0 bridgehead atoms. The molecule has 0 spiro atoms. The SMILES string of the molecule is CN(c1ccccc1)c1ccc(C=NNC(=S)NCC2CCCO2)cc1. The Morgan fingerprint density at radius 1 is 1.19 bits per heavy atom. The Morgan fingerprint density at radius 3 is 2.62 bits per heavy atom. The van der Waals surface area contributed by atoms with Gasteiger partial charge in [0.1, 0.15) is 0 Å². The molecule has 0 saturated carbocycles. The van der Waals surface area contributed by atoms with Crippen molar-refractivity contribution in [3.63, 3.8) is 0 Å². The summed E-state index contributed by atoms with van der Waals surface area (Å²) < 4.78 is 5.55. The second-order valence-electron chi connectivity index (χ2n) is 6.20. The standard InChI is InChI=1S/C20H24N4OS/c1-24(17-6-3-2-4-7-17)18-11-9-16(10-12-18)14-22-23-20(26)21-15-19-8-5-13-25-19/h2-4,6-7,9-12,14,19H,5,8,13,15H2,1H3,(H2,21,23,26). The number of hydrazone groups is 1. The van der Waals surface area contributed by atoms with E-state index in [2.05, 4.69) is 52.1 Å². The summed E-state index contributed by atoms with van der Waals surface area (Å²) in [7, 11) is 2.05. The van der Waals surface area contributed by atoms with Crippen LogP contribution in [0.4, 0.5) is 11.4 Å². The third-order valence-corrected chi connectivity index (χ3v) is 4.55. The normalized spacial score (nSPS) is 16.6. The minimum Gasteiger partial charge on any atom is -0.376 e. The van der Waals surface area contributed by atoms with Gasteiger partial charge in [0.25, 0.3) is 0 Å². The molecule has 2 aromatic rings. The largest absolute Gasteiger partial charge is 0.376 e. The lowest BCUT2D eigenvalue weighted by Crippen LogP contribution is -2.37. The lowest BCUT2D eigenvalue weighted by molar-refractivity contribution is 0.114. The molecule has 1 unspecified atom stereocenters. The number of ether oxygens (including phenoxy) is 1. The summed E-state index contributed by atoms with van der Waals surface area (Å²) in [5, 5.41) is 7.83. The number of benzene rings is 2. The summed E-state index contributed by atoms with van der Waals surface area (Å²) in [5.74, 6) is 0. The first kappa shape index (κ1) is 18.4. The fraction of sp³-hybridized carbons (Fsp3) is 0.300. The van der Waals surface area contributed by atoms with E-state index >= 15 is 0 Å². The summed E-state index contributed by atoms with van der Waals surface area (Å²) in [6, 6.07) is 18.5. The lowest BCUT2D eigenvalue weighted by atomic mass is 10.2. The van der Waals surface area contributed by atoms with Crippen molar-refractivity contribution in [1.29, 1.82) is 0 Å². The van der Waals surface area contributed by atoms with Crippen molar-refractivity contribution in [2.45, 2.75) is 18.9 Å². The van der Waals surface area contributed by atoms with Crippen LogP contribution in [0.1, 0.15) is 18.4 Å². The summed E-state index contributed by atoms with van der Waals surface area (Å²) in [6.45, 7) is 1.57. The number of nitrogens with zero attached hydrogens (tertiary/aromatic N) is 2. The molecule has 5 nitrogen and oxygen atoms in total. The molecule has 1 atom stereocenters. The molecule has 1 saturated heterocycles. The molecule has 0 aromatic heterocycles. The third-order valence-electron chi connectivity index (χ3n) is 4.32. The van der Waals surface area contributed by atoms with Crippen molar-refractivity contribution in [3.8, 4) is 0 Å². The Morgan fingerprint density at radius 2 is 1.92 bits per heavy atom. The number of rotatable bonds is 6. The highest BCUT2D eigenvalue weighted by molar-refractivity contribution is 7.80. The quantitative estimate of drug-likeness (QED) is 0.465. The van der Waals surface area contributed by atoms with E-state index in [-0.39, 0.29) is 6.10 Å². The number of hydrogen-bond donors (Lipinski definition) is 2. The molecule has 0 aliphatic carbocycles. The van der Waals surface area contributed by atoms with E-state index in [0.717, 1.165) is 42.9 Å². The van der Waals surface area contributed by atoms with Gasteiger partial charge in [-0.3, -0.25) is 5.43 Å². The van der Waals surface area contributed by atoms with Gasteiger partial charge < -0.3 is 15.0 Å². The number of thiocarbonyl (C=S) groups is 1. The number of hydrogen-bond acceptors (Lipinski definition) is 4. The van der Waals surface area contributed by atoms with Crippen LogP contribution in [0.15, 0.2) is 59.7 Å². The van der Waals surface area contributed by atoms with Crippen molar-refractivity contribution < 1.29 is 4.74 Å². The monoisotopic (exact) mass is 368 g/mol. The first-order valence-electron chi connectivity index (χ1n) is 8.80. The van der Waals surface area contributed by atoms with E-state index in [1.165, 1.54) is 0 Å².